The fraction of sp³-hybridized carbons (Fsp3) is 0.300. The van der Waals surface area contributed by atoms with Crippen molar-refractivity contribution < 1.29 is 27.3 Å². The van der Waals surface area contributed by atoms with Gasteiger partial charge in [-0.2, -0.15) is 4.31 Å². The molecule has 12 nitrogen and oxygen atoms in total. The summed E-state index contributed by atoms with van der Waals surface area (Å²) < 4.78 is 38.4. The summed E-state index contributed by atoms with van der Waals surface area (Å²) in [5.41, 5.74) is 0.870. The highest BCUT2D eigenvalue weighted by molar-refractivity contribution is 7.89. The molecule has 3 aromatic rings. The molecule has 1 amide bonds. The van der Waals surface area contributed by atoms with Crippen molar-refractivity contribution >= 4 is 38.4 Å². The number of nitro benzene ring substituents is 1. The summed E-state index contributed by atoms with van der Waals surface area (Å²) in [5.74, 6) is -1.44. The van der Waals surface area contributed by atoms with Gasteiger partial charge in [0.05, 0.1) is 34.6 Å². The quantitative estimate of drug-likeness (QED) is 0.414. The summed E-state index contributed by atoms with van der Waals surface area (Å²) in [4.78, 5) is 35.2. The molecule has 33 heavy (non-hydrogen) atoms. The van der Waals surface area contributed by atoms with Crippen LogP contribution in [0.15, 0.2) is 50.5 Å². The highest BCUT2D eigenvalue weighted by Gasteiger charge is 2.27. The molecule has 1 aliphatic heterocycles. The Morgan fingerprint density at radius 2 is 1.91 bits per heavy atom. The van der Waals surface area contributed by atoms with E-state index in [1.54, 1.807) is 13.0 Å². The number of amides is 1. The number of aryl methyl sites for hydroxylation is 1. The van der Waals surface area contributed by atoms with E-state index in [0.29, 0.717) is 18.8 Å². The zero-order valence-corrected chi connectivity index (χ0v) is 18.3. The third-order valence-corrected chi connectivity index (χ3v) is 7.15. The molecule has 1 saturated heterocycles. The van der Waals surface area contributed by atoms with Gasteiger partial charge in [-0.15, -0.1) is 0 Å². The van der Waals surface area contributed by atoms with E-state index < -0.39 is 33.2 Å². The van der Waals surface area contributed by atoms with Crippen LogP contribution >= 0.6 is 0 Å². The molecule has 174 valence electrons. The molecule has 0 radical (unpaired) electrons. The van der Waals surface area contributed by atoms with Crippen LogP contribution in [-0.4, -0.2) is 54.4 Å². The number of nitrogens with one attached hydrogen (secondary N) is 1. The molecule has 0 saturated carbocycles. The van der Waals surface area contributed by atoms with Gasteiger partial charge >= 0.3 is 5.76 Å². The zero-order valence-electron chi connectivity index (χ0n) is 17.5. The fourth-order valence-corrected chi connectivity index (χ4v) is 4.92. The number of carbonyl (C=O) groups is 1. The Labute approximate surface area is 187 Å². The number of hydrogen-bond donors (Lipinski definition) is 1. The first-order valence-corrected chi connectivity index (χ1v) is 11.4. The van der Waals surface area contributed by atoms with Crippen LogP contribution in [0, 0.1) is 17.0 Å². The Kier molecular flexibility index (Phi) is 6.01. The van der Waals surface area contributed by atoms with Crippen molar-refractivity contribution in [3.05, 3.63) is 62.6 Å². The van der Waals surface area contributed by atoms with Crippen LogP contribution in [0.3, 0.4) is 0 Å². The molecule has 1 aromatic heterocycles. The summed E-state index contributed by atoms with van der Waals surface area (Å²) in [6.07, 6.45) is 0. The summed E-state index contributed by atoms with van der Waals surface area (Å²) in [6.45, 7) is 2.39. The molecule has 0 atom stereocenters. The number of hydrogen-bond acceptors (Lipinski definition) is 8. The molecule has 1 fully saturated rings. The van der Waals surface area contributed by atoms with Gasteiger partial charge in [0.15, 0.2) is 5.58 Å². The zero-order chi connectivity index (χ0) is 23.8. The lowest BCUT2D eigenvalue weighted by Gasteiger charge is -2.26. The normalized spacial score (nSPS) is 14.9. The third-order valence-electron chi connectivity index (χ3n) is 5.26. The van der Waals surface area contributed by atoms with E-state index >= 15 is 0 Å². The van der Waals surface area contributed by atoms with Crippen LogP contribution < -0.4 is 11.1 Å². The first kappa shape index (κ1) is 22.6. The predicted octanol–water partition coefficient (Wildman–Crippen LogP) is 1.47. The number of rotatable bonds is 6. The number of ether oxygens (including phenoxy) is 1. The number of sulfonamides is 1. The second kappa shape index (κ2) is 8.77. The van der Waals surface area contributed by atoms with E-state index in [2.05, 4.69) is 5.32 Å². The predicted molar refractivity (Wildman–Crippen MR) is 117 cm³/mol. The number of benzene rings is 2. The maximum atomic E-state index is 12.9. The lowest BCUT2D eigenvalue weighted by molar-refractivity contribution is -0.384. The van der Waals surface area contributed by atoms with Gasteiger partial charge in [-0.3, -0.25) is 19.5 Å². The molecule has 0 spiro atoms. The van der Waals surface area contributed by atoms with E-state index in [-0.39, 0.29) is 40.5 Å². The number of morpholine rings is 1. The highest BCUT2D eigenvalue weighted by Crippen LogP contribution is 2.24. The molecule has 0 bridgehead atoms. The van der Waals surface area contributed by atoms with Crippen LogP contribution in [0.25, 0.3) is 11.1 Å². The Morgan fingerprint density at radius 3 is 2.61 bits per heavy atom. The molecule has 2 heterocycles. The molecule has 1 N–H and O–H groups in total. The van der Waals surface area contributed by atoms with Gasteiger partial charge < -0.3 is 14.5 Å². The number of anilines is 1. The van der Waals surface area contributed by atoms with Crippen molar-refractivity contribution in [2.75, 3.05) is 31.6 Å². The lowest BCUT2D eigenvalue weighted by atomic mass is 10.2. The van der Waals surface area contributed by atoms with E-state index in [0.717, 1.165) is 10.6 Å². The minimum absolute atomic E-state index is 0.0169. The topological polar surface area (TPSA) is 154 Å². The molecule has 4 rings (SSSR count). The molecule has 0 unspecified atom stereocenters. The van der Waals surface area contributed by atoms with Gasteiger partial charge in [-0.05, 0) is 30.7 Å². The second-order valence-electron chi connectivity index (χ2n) is 7.40. The number of nitrogens with zero attached hydrogens (tertiary/aromatic N) is 3. The van der Waals surface area contributed by atoms with Crippen molar-refractivity contribution in [1.29, 1.82) is 0 Å². The molecule has 2 aromatic carbocycles. The standard InChI is InChI=1S/C20H20N4O8S/c1-13-2-4-15(33(29,30)22-6-8-31-9-7-22)11-16(13)21-19(25)12-23-17-5-3-14(24(27)28)10-18(17)32-20(23)26/h2-5,10-11H,6-9,12H2,1H3,(H,21,25). The Hall–Kier alpha value is -3.55. The number of carbonyl (C=O) groups excluding carboxylic acids is 1. The molecule has 13 heteroatoms. The van der Waals surface area contributed by atoms with Crippen LogP contribution in [0.4, 0.5) is 11.4 Å². The Balaban J connectivity index is 1.57. The van der Waals surface area contributed by atoms with Crippen LogP contribution in [-0.2, 0) is 26.1 Å². The van der Waals surface area contributed by atoms with Crippen molar-refractivity contribution in [2.24, 2.45) is 0 Å². The van der Waals surface area contributed by atoms with Crippen molar-refractivity contribution in [3.63, 3.8) is 0 Å². The smallest absolute Gasteiger partial charge is 0.407 e. The summed E-state index contributed by atoms with van der Waals surface area (Å²) in [7, 11) is -3.76. The number of fused-ring (bicyclic) bond motifs is 1. The van der Waals surface area contributed by atoms with Gasteiger partial charge in [0.1, 0.15) is 6.54 Å². The number of nitro groups is 1. The summed E-state index contributed by atoms with van der Waals surface area (Å²) in [5, 5.41) is 13.5. The second-order valence-corrected chi connectivity index (χ2v) is 9.34. The van der Waals surface area contributed by atoms with Crippen molar-refractivity contribution in [2.45, 2.75) is 18.4 Å². The lowest BCUT2D eigenvalue weighted by Crippen LogP contribution is -2.40. The van der Waals surface area contributed by atoms with Gasteiger partial charge in [0.2, 0.25) is 15.9 Å². The molecular formula is C20H20N4O8S. The van der Waals surface area contributed by atoms with Crippen LogP contribution in [0.5, 0.6) is 0 Å². The summed E-state index contributed by atoms with van der Waals surface area (Å²) in [6, 6.07) is 8.06. The first-order valence-electron chi connectivity index (χ1n) is 9.93. The Bertz CT molecular complexity index is 1400. The average molecular weight is 476 g/mol. The molecular weight excluding hydrogens is 456 g/mol. The third kappa shape index (κ3) is 4.51. The number of non-ortho nitro benzene ring substituents is 1. The van der Waals surface area contributed by atoms with Crippen molar-refractivity contribution in [1.82, 2.24) is 8.87 Å². The van der Waals surface area contributed by atoms with E-state index in [9.17, 15) is 28.1 Å². The minimum Gasteiger partial charge on any atom is -0.407 e. The molecule has 1 aliphatic rings. The van der Waals surface area contributed by atoms with Crippen LogP contribution in [0.2, 0.25) is 0 Å². The maximum Gasteiger partial charge on any atom is 0.420 e. The average Bonchev–Trinajstić information content (AvgIpc) is 3.09. The van der Waals surface area contributed by atoms with E-state index in [1.165, 1.54) is 28.6 Å². The van der Waals surface area contributed by atoms with E-state index in [4.69, 9.17) is 9.15 Å². The van der Waals surface area contributed by atoms with Crippen LogP contribution in [0.1, 0.15) is 5.56 Å². The monoisotopic (exact) mass is 476 g/mol. The van der Waals surface area contributed by atoms with Gasteiger partial charge in [0.25, 0.3) is 5.69 Å². The van der Waals surface area contributed by atoms with Gasteiger partial charge in [0, 0.05) is 24.8 Å². The first-order chi connectivity index (χ1) is 15.7. The SMILES string of the molecule is Cc1ccc(S(=O)(=O)N2CCOCC2)cc1NC(=O)Cn1c(=O)oc2cc([N+](=O)[O-])ccc21. The largest absolute Gasteiger partial charge is 0.420 e. The van der Waals surface area contributed by atoms with Crippen molar-refractivity contribution in [3.8, 4) is 0 Å². The maximum absolute atomic E-state index is 12.9. The number of aromatic nitrogens is 1. The van der Waals surface area contributed by atoms with Gasteiger partial charge in [-0.25, -0.2) is 13.2 Å². The minimum atomic E-state index is -3.76. The fourth-order valence-electron chi connectivity index (χ4n) is 3.48. The highest BCUT2D eigenvalue weighted by atomic mass is 32.2. The Morgan fingerprint density at radius 1 is 1.18 bits per heavy atom. The molecule has 0 aliphatic carbocycles. The summed E-state index contributed by atoms with van der Waals surface area (Å²) >= 11 is 0. The van der Waals surface area contributed by atoms with Gasteiger partial charge in [-0.1, -0.05) is 6.07 Å². The van der Waals surface area contributed by atoms with E-state index in [1.807, 2.05) is 0 Å². The number of oxazole rings is 1.